The van der Waals surface area contributed by atoms with Crippen LogP contribution in [0, 0.1) is 11.3 Å². The van der Waals surface area contributed by atoms with E-state index in [1.165, 1.54) is 13.8 Å². The molecule has 0 aromatic carbocycles. The average molecular weight is 509 g/mol. The zero-order valence-corrected chi connectivity index (χ0v) is 19.6. The van der Waals surface area contributed by atoms with Crippen LogP contribution in [0.4, 0.5) is 17.6 Å². The first-order chi connectivity index (χ1) is 16.1. The molecule has 0 aromatic rings. The number of aliphatic hydroxyl groups excluding tert-OH is 1. The zero-order chi connectivity index (χ0) is 26.2. The number of halogens is 4. The summed E-state index contributed by atoms with van der Waals surface area (Å²) in [5, 5.41) is 15.2. The van der Waals surface area contributed by atoms with E-state index in [4.69, 9.17) is 0 Å². The molecule has 3 aliphatic rings. The maximum atomic E-state index is 14.0. The van der Waals surface area contributed by atoms with Gasteiger partial charge in [0.1, 0.15) is 24.4 Å². The number of nitrogens with one attached hydrogen (secondary N) is 2. The summed E-state index contributed by atoms with van der Waals surface area (Å²) in [5.74, 6) is -3.72. The summed E-state index contributed by atoms with van der Waals surface area (Å²) in [6, 6.07) is -2.53. The molecular weight excluding hydrogens is 478 g/mol. The van der Waals surface area contributed by atoms with E-state index in [0.29, 0.717) is 13.0 Å². The highest BCUT2D eigenvalue weighted by Gasteiger charge is 2.56. The molecule has 0 radical (unpaired) electrons. The lowest BCUT2D eigenvalue weighted by atomic mass is 9.95. The van der Waals surface area contributed by atoms with E-state index >= 15 is 0 Å². The number of nitrogens with zero attached hydrogens (tertiary/aromatic N) is 1. The van der Waals surface area contributed by atoms with Crippen LogP contribution < -0.4 is 10.6 Å². The molecule has 9 nitrogen and oxygen atoms in total. The van der Waals surface area contributed by atoms with Gasteiger partial charge in [0, 0.05) is 25.4 Å². The van der Waals surface area contributed by atoms with Crippen molar-refractivity contribution in [3.8, 4) is 0 Å². The van der Waals surface area contributed by atoms with Gasteiger partial charge < -0.3 is 20.6 Å². The number of rotatable bonds is 10. The minimum atomic E-state index is -5.05. The molecule has 1 saturated carbocycles. The van der Waals surface area contributed by atoms with Crippen molar-refractivity contribution in [3.63, 3.8) is 0 Å². The van der Waals surface area contributed by atoms with Crippen molar-refractivity contribution in [2.75, 3.05) is 19.7 Å². The number of hydrogen-bond acceptors (Lipinski definition) is 6. The predicted octanol–water partition coefficient (Wildman–Crippen LogP) is 0.983. The van der Waals surface area contributed by atoms with Gasteiger partial charge in [-0.15, -0.1) is 13.2 Å². The highest BCUT2D eigenvalue weighted by Crippen LogP contribution is 2.55. The number of hydrogen-bond donors (Lipinski definition) is 3. The Morgan fingerprint density at radius 1 is 1.26 bits per heavy atom. The Kier molecular flexibility index (Phi) is 7.80. The first-order valence-corrected chi connectivity index (χ1v) is 11.6. The molecule has 2 aliphatic heterocycles. The first kappa shape index (κ1) is 27.3. The van der Waals surface area contributed by atoms with Crippen molar-refractivity contribution < 1.29 is 46.6 Å². The number of ketones is 1. The monoisotopic (exact) mass is 509 g/mol. The fraction of sp³-hybridized carbons (Fsp3) is 0.818. The van der Waals surface area contributed by atoms with Crippen LogP contribution in [-0.4, -0.2) is 83.4 Å². The molecule has 0 unspecified atom stereocenters. The maximum absolute atomic E-state index is 14.0. The van der Waals surface area contributed by atoms with Gasteiger partial charge >= 0.3 is 6.36 Å². The van der Waals surface area contributed by atoms with Gasteiger partial charge in [0.2, 0.25) is 11.8 Å². The molecule has 198 valence electrons. The third-order valence-electron chi connectivity index (χ3n) is 6.78. The summed E-state index contributed by atoms with van der Waals surface area (Å²) in [7, 11) is 0. The molecule has 3 fully saturated rings. The van der Waals surface area contributed by atoms with Crippen molar-refractivity contribution in [2.24, 2.45) is 11.3 Å². The van der Waals surface area contributed by atoms with Crippen molar-refractivity contribution in [2.45, 2.75) is 82.6 Å². The third-order valence-corrected chi connectivity index (χ3v) is 6.78. The van der Waals surface area contributed by atoms with Gasteiger partial charge in [-0.25, -0.2) is 4.39 Å². The second kappa shape index (κ2) is 10.00. The Morgan fingerprint density at radius 3 is 2.43 bits per heavy atom. The van der Waals surface area contributed by atoms with Crippen molar-refractivity contribution >= 4 is 23.5 Å². The molecule has 1 aliphatic carbocycles. The largest absolute Gasteiger partial charge is 0.522 e. The molecule has 3 amide bonds. The van der Waals surface area contributed by atoms with E-state index < -0.39 is 66.8 Å². The second-order valence-electron chi connectivity index (χ2n) is 10.4. The number of carbonyl (C=O) groups excluding carboxylic acids is 4. The van der Waals surface area contributed by atoms with Crippen LogP contribution in [0.15, 0.2) is 0 Å². The second-order valence-corrected chi connectivity index (χ2v) is 10.4. The van der Waals surface area contributed by atoms with Crippen LogP contribution in [-0.2, 0) is 23.9 Å². The fourth-order valence-electron chi connectivity index (χ4n) is 4.75. The van der Waals surface area contributed by atoms with Gasteiger partial charge in [-0.05, 0) is 51.4 Å². The summed E-state index contributed by atoms with van der Waals surface area (Å²) in [5.41, 5.74) is -2.14. The summed E-state index contributed by atoms with van der Waals surface area (Å²) in [6.07, 6.45) is -5.34. The van der Waals surface area contributed by atoms with Gasteiger partial charge in [-0.3, -0.25) is 23.9 Å². The van der Waals surface area contributed by atoms with Crippen LogP contribution in [0.5, 0.6) is 0 Å². The van der Waals surface area contributed by atoms with Crippen molar-refractivity contribution in [3.05, 3.63) is 0 Å². The summed E-state index contributed by atoms with van der Waals surface area (Å²) in [6.45, 7) is 1.59. The van der Waals surface area contributed by atoms with E-state index in [2.05, 4.69) is 15.4 Å². The van der Waals surface area contributed by atoms with Crippen LogP contribution in [0.2, 0.25) is 0 Å². The SMILES string of the molecule is CC(C)(F)C[C@@H](O)C(=O)N1CC2(CC2)C[C@H]1C(=O)N[C@@H](C[C@@H]1CCNC1=O)C(=O)COC(F)(F)F. The van der Waals surface area contributed by atoms with Crippen LogP contribution in [0.1, 0.15) is 52.4 Å². The quantitative estimate of drug-likeness (QED) is 0.377. The van der Waals surface area contributed by atoms with E-state index in [0.717, 1.165) is 17.7 Å². The number of Topliss-reactive ketones (excluding diaryl/α,β-unsaturated/α-hetero) is 1. The molecule has 4 atom stereocenters. The Labute approximate surface area is 199 Å². The molecule has 13 heteroatoms. The van der Waals surface area contributed by atoms with Gasteiger partial charge in [-0.2, -0.15) is 0 Å². The van der Waals surface area contributed by atoms with Crippen molar-refractivity contribution in [1.82, 2.24) is 15.5 Å². The first-order valence-electron chi connectivity index (χ1n) is 11.6. The molecule has 1 spiro atoms. The molecule has 2 heterocycles. The molecule has 3 N–H and O–H groups in total. The lowest BCUT2D eigenvalue weighted by Gasteiger charge is -2.29. The minimum absolute atomic E-state index is 0.175. The molecule has 0 bridgehead atoms. The Bertz CT molecular complexity index is 855. The highest BCUT2D eigenvalue weighted by molar-refractivity contribution is 5.95. The minimum Gasteiger partial charge on any atom is -0.383 e. The number of carbonyl (C=O) groups is 4. The van der Waals surface area contributed by atoms with Gasteiger partial charge in [0.15, 0.2) is 5.78 Å². The topological polar surface area (TPSA) is 125 Å². The predicted molar refractivity (Wildman–Crippen MR) is 112 cm³/mol. The normalized spacial score (nSPS) is 25.3. The third kappa shape index (κ3) is 7.35. The van der Waals surface area contributed by atoms with Crippen LogP contribution >= 0.6 is 0 Å². The summed E-state index contributed by atoms with van der Waals surface area (Å²) in [4.78, 5) is 51.7. The fourth-order valence-corrected chi connectivity index (χ4v) is 4.75. The molecule has 3 rings (SSSR count). The Balaban J connectivity index is 1.73. The van der Waals surface area contributed by atoms with E-state index in [-0.39, 0.29) is 30.7 Å². The summed E-state index contributed by atoms with van der Waals surface area (Å²) < 4.78 is 55.0. The smallest absolute Gasteiger partial charge is 0.383 e. The zero-order valence-electron chi connectivity index (χ0n) is 19.6. The van der Waals surface area contributed by atoms with Crippen LogP contribution in [0.3, 0.4) is 0 Å². The lowest BCUT2D eigenvalue weighted by Crippen LogP contribution is -2.54. The highest BCUT2D eigenvalue weighted by atomic mass is 19.4. The van der Waals surface area contributed by atoms with Gasteiger partial charge in [0.25, 0.3) is 5.91 Å². The van der Waals surface area contributed by atoms with Crippen LogP contribution in [0.25, 0.3) is 0 Å². The molecule has 0 aromatic heterocycles. The maximum Gasteiger partial charge on any atom is 0.522 e. The average Bonchev–Trinajstić information content (AvgIpc) is 3.19. The summed E-state index contributed by atoms with van der Waals surface area (Å²) >= 11 is 0. The number of alkyl halides is 4. The standard InChI is InChI=1S/C22H31F4N3O6/c1-20(2,23)9-15(30)19(34)29-11-21(4-5-21)8-14(29)18(33)28-13(7-12-3-6-27-17(12)32)16(31)10-35-22(24,25)26/h12-15,30H,3-11H2,1-2H3,(H,27,32)(H,28,33)/t12-,13-,14-,15+/m0/s1. The number of amides is 3. The molecular formula is C22H31F4N3O6. The Morgan fingerprint density at radius 2 is 1.91 bits per heavy atom. The number of ether oxygens (including phenoxy) is 1. The van der Waals surface area contributed by atoms with E-state index in [9.17, 15) is 41.8 Å². The lowest BCUT2D eigenvalue weighted by molar-refractivity contribution is -0.321. The van der Waals surface area contributed by atoms with Gasteiger partial charge in [0.05, 0.1) is 6.04 Å². The van der Waals surface area contributed by atoms with Gasteiger partial charge in [-0.1, -0.05) is 0 Å². The number of likely N-dealkylation sites (tertiary alicyclic amines) is 1. The van der Waals surface area contributed by atoms with Crippen molar-refractivity contribution in [1.29, 1.82) is 0 Å². The molecule has 2 saturated heterocycles. The Hall–Kier alpha value is -2.28. The molecule has 35 heavy (non-hydrogen) atoms. The van der Waals surface area contributed by atoms with E-state index in [1.54, 1.807) is 0 Å². The van der Waals surface area contributed by atoms with E-state index in [1.807, 2.05) is 0 Å². The number of aliphatic hydroxyl groups is 1.